The lowest BCUT2D eigenvalue weighted by atomic mass is 9.94. The predicted molar refractivity (Wildman–Crippen MR) is 243 cm³/mol. The SMILES string of the molecule is [C-]#[N+]c1cc(-c2nc(-c3ccccc3)nc(-c3ccccc3)c2C#N)ccc1-c1cc2c(c3ccccc3n2-c2ccccc2)c2c3ccccc3n(-c3ccccc3)c12. The quantitative estimate of drug-likeness (QED) is 0.158. The Morgan fingerprint density at radius 2 is 0.983 bits per heavy atom. The van der Waals surface area contributed by atoms with Crippen molar-refractivity contribution in [2.45, 2.75) is 0 Å². The Morgan fingerprint density at radius 3 is 1.60 bits per heavy atom. The summed E-state index contributed by atoms with van der Waals surface area (Å²) in [5.74, 6) is 0.505. The maximum Gasteiger partial charge on any atom is 0.195 e. The highest BCUT2D eigenvalue weighted by molar-refractivity contribution is 6.31. The van der Waals surface area contributed by atoms with Crippen LogP contribution in [0.25, 0.3) is 105 Å². The molecule has 0 aliphatic heterocycles. The molecule has 60 heavy (non-hydrogen) atoms. The highest BCUT2D eigenvalue weighted by Crippen LogP contribution is 2.48. The summed E-state index contributed by atoms with van der Waals surface area (Å²) in [6.45, 7) is 8.72. The van der Waals surface area contributed by atoms with Crippen LogP contribution in [0.5, 0.6) is 0 Å². The van der Waals surface area contributed by atoms with Crippen LogP contribution in [0.4, 0.5) is 5.69 Å². The first-order chi connectivity index (χ1) is 29.7. The van der Waals surface area contributed by atoms with E-state index >= 15 is 0 Å². The summed E-state index contributed by atoms with van der Waals surface area (Å²) in [6, 6.07) is 68.2. The molecule has 0 saturated carbocycles. The molecule has 278 valence electrons. The lowest BCUT2D eigenvalue weighted by Gasteiger charge is -2.16. The van der Waals surface area contributed by atoms with Gasteiger partial charge in [0.05, 0.1) is 40.0 Å². The lowest BCUT2D eigenvalue weighted by Crippen LogP contribution is -2.01. The van der Waals surface area contributed by atoms with E-state index in [0.717, 1.165) is 77.2 Å². The number of para-hydroxylation sites is 4. The van der Waals surface area contributed by atoms with Gasteiger partial charge in [0.15, 0.2) is 11.5 Å². The molecule has 0 aliphatic carbocycles. The predicted octanol–water partition coefficient (Wildman–Crippen LogP) is 13.8. The van der Waals surface area contributed by atoms with Gasteiger partial charge in [-0.3, -0.25) is 0 Å². The number of fused-ring (bicyclic) bond motifs is 7. The van der Waals surface area contributed by atoms with Crippen molar-refractivity contribution in [3.63, 3.8) is 0 Å². The molecule has 11 rings (SSSR count). The van der Waals surface area contributed by atoms with Gasteiger partial charge in [0.2, 0.25) is 0 Å². The number of benzene rings is 8. The van der Waals surface area contributed by atoms with Crippen molar-refractivity contribution >= 4 is 49.3 Å². The molecule has 0 bridgehead atoms. The van der Waals surface area contributed by atoms with E-state index in [0.29, 0.717) is 34.0 Å². The first kappa shape index (κ1) is 34.7. The maximum atomic E-state index is 10.8. The minimum atomic E-state index is 0.352. The number of hydrogen-bond acceptors (Lipinski definition) is 3. The molecule has 11 aromatic rings. The van der Waals surface area contributed by atoms with Crippen molar-refractivity contribution in [1.29, 1.82) is 5.26 Å². The Labute approximate surface area is 346 Å². The van der Waals surface area contributed by atoms with Crippen LogP contribution in [-0.2, 0) is 0 Å². The lowest BCUT2D eigenvalue weighted by molar-refractivity contribution is 1.17. The van der Waals surface area contributed by atoms with Crippen molar-refractivity contribution < 1.29 is 0 Å². The fraction of sp³-hybridized carbons (Fsp3) is 0. The van der Waals surface area contributed by atoms with Crippen LogP contribution in [0.2, 0.25) is 0 Å². The monoisotopic (exact) mass is 764 g/mol. The molecular weight excluding hydrogens is 733 g/mol. The molecule has 0 spiro atoms. The van der Waals surface area contributed by atoms with E-state index < -0.39 is 0 Å². The van der Waals surface area contributed by atoms with Crippen LogP contribution in [0.3, 0.4) is 0 Å². The maximum absolute atomic E-state index is 10.8. The largest absolute Gasteiger partial charge is 0.309 e. The second-order valence-corrected chi connectivity index (χ2v) is 14.7. The van der Waals surface area contributed by atoms with Gasteiger partial charge in [-0.05, 0) is 65.2 Å². The molecule has 6 nitrogen and oxygen atoms in total. The van der Waals surface area contributed by atoms with Crippen molar-refractivity contribution in [3.05, 3.63) is 211 Å². The minimum absolute atomic E-state index is 0.352. The molecule has 6 heteroatoms. The molecule has 0 N–H and O–H groups in total. The zero-order valence-corrected chi connectivity index (χ0v) is 32.2. The molecular formula is C54H32N6. The number of rotatable bonds is 6. The van der Waals surface area contributed by atoms with Crippen LogP contribution >= 0.6 is 0 Å². The summed E-state index contributed by atoms with van der Waals surface area (Å²) >= 11 is 0. The van der Waals surface area contributed by atoms with Gasteiger partial charge in [-0.1, -0.05) is 146 Å². The van der Waals surface area contributed by atoms with E-state index in [1.54, 1.807) is 0 Å². The second-order valence-electron chi connectivity index (χ2n) is 14.7. The normalized spacial score (nSPS) is 11.3. The van der Waals surface area contributed by atoms with Gasteiger partial charge < -0.3 is 9.13 Å². The average molecular weight is 765 g/mol. The van der Waals surface area contributed by atoms with Gasteiger partial charge >= 0.3 is 0 Å². The van der Waals surface area contributed by atoms with Crippen molar-refractivity contribution in [1.82, 2.24) is 19.1 Å². The molecule has 0 radical (unpaired) electrons. The fourth-order valence-corrected chi connectivity index (χ4v) is 8.81. The first-order valence-corrected chi connectivity index (χ1v) is 19.8. The van der Waals surface area contributed by atoms with Gasteiger partial charge in [0.25, 0.3) is 0 Å². The van der Waals surface area contributed by atoms with Gasteiger partial charge in [-0.25, -0.2) is 14.8 Å². The van der Waals surface area contributed by atoms with E-state index in [1.165, 1.54) is 0 Å². The Bertz CT molecular complexity index is 3540. The van der Waals surface area contributed by atoms with E-state index in [4.69, 9.17) is 16.5 Å². The Hall–Kier alpha value is -8.58. The standard InChI is InChI=1S/C54H32N6/c1-56-45-32-37(52-44(34-55)51(35-18-6-2-7-19-35)57-54(58-52)36-20-8-3-9-21-36)30-31-40(45)43-33-48-49(41-26-14-16-28-46(41)59(48)38-22-10-4-11-23-38)50-42-27-15-17-29-47(42)60(53(43)50)39-24-12-5-13-25-39/h2-33H. The molecule has 0 aliphatic rings. The van der Waals surface area contributed by atoms with Crippen LogP contribution in [0, 0.1) is 17.9 Å². The van der Waals surface area contributed by atoms with E-state index in [1.807, 2.05) is 91.0 Å². The summed E-state index contributed by atoms with van der Waals surface area (Å²) in [4.78, 5) is 14.2. The first-order valence-electron chi connectivity index (χ1n) is 19.8. The fourth-order valence-electron chi connectivity index (χ4n) is 8.81. The Balaban J connectivity index is 1.25. The van der Waals surface area contributed by atoms with Gasteiger partial charge in [0.1, 0.15) is 11.6 Å². The summed E-state index contributed by atoms with van der Waals surface area (Å²) < 4.78 is 4.68. The van der Waals surface area contributed by atoms with Crippen molar-refractivity contribution in [2.24, 2.45) is 0 Å². The molecule has 8 aromatic carbocycles. The van der Waals surface area contributed by atoms with Crippen molar-refractivity contribution in [2.75, 3.05) is 0 Å². The van der Waals surface area contributed by atoms with Crippen molar-refractivity contribution in [3.8, 4) is 62.5 Å². The van der Waals surface area contributed by atoms with E-state index in [-0.39, 0.29) is 0 Å². The topological polar surface area (TPSA) is 63.8 Å². The molecule has 3 aromatic heterocycles. The molecule has 3 heterocycles. The highest BCUT2D eigenvalue weighted by Gasteiger charge is 2.26. The Kier molecular flexibility index (Phi) is 8.15. The zero-order valence-electron chi connectivity index (χ0n) is 32.2. The smallest absolute Gasteiger partial charge is 0.195 e. The van der Waals surface area contributed by atoms with Crippen LogP contribution in [0.1, 0.15) is 5.56 Å². The molecule has 0 unspecified atom stereocenters. The van der Waals surface area contributed by atoms with E-state index in [2.05, 4.69) is 123 Å². The third-order valence-electron chi connectivity index (χ3n) is 11.4. The van der Waals surface area contributed by atoms with Crippen LogP contribution < -0.4 is 0 Å². The van der Waals surface area contributed by atoms with Crippen LogP contribution in [0.15, 0.2) is 194 Å². The van der Waals surface area contributed by atoms with Gasteiger partial charge in [-0.2, -0.15) is 5.26 Å². The number of nitriles is 1. The minimum Gasteiger partial charge on any atom is -0.309 e. The van der Waals surface area contributed by atoms with Gasteiger partial charge in [0, 0.05) is 44.0 Å². The molecule has 0 saturated heterocycles. The summed E-state index contributed by atoms with van der Waals surface area (Å²) in [5.41, 5.74) is 12.2. The average Bonchev–Trinajstić information content (AvgIpc) is 3.85. The third kappa shape index (κ3) is 5.40. The zero-order chi connectivity index (χ0) is 40.2. The number of hydrogen-bond donors (Lipinski definition) is 0. The summed E-state index contributed by atoms with van der Waals surface area (Å²) in [7, 11) is 0. The molecule has 0 amide bonds. The van der Waals surface area contributed by atoms with E-state index in [9.17, 15) is 5.26 Å². The summed E-state index contributed by atoms with van der Waals surface area (Å²) in [6.07, 6.45) is 0. The molecule has 0 atom stereocenters. The second kappa shape index (κ2) is 14.1. The summed E-state index contributed by atoms with van der Waals surface area (Å²) in [5, 5.41) is 15.3. The molecule has 0 fully saturated rings. The number of aromatic nitrogens is 4. The number of nitrogens with zero attached hydrogens (tertiary/aromatic N) is 6. The Morgan fingerprint density at radius 1 is 0.467 bits per heavy atom. The third-order valence-corrected chi connectivity index (χ3v) is 11.4. The van der Waals surface area contributed by atoms with Crippen LogP contribution in [-0.4, -0.2) is 19.1 Å². The highest BCUT2D eigenvalue weighted by atomic mass is 15.0. The van der Waals surface area contributed by atoms with Gasteiger partial charge in [-0.15, -0.1) is 0 Å².